The van der Waals surface area contributed by atoms with Gasteiger partial charge in [-0.05, 0) is 42.0 Å². The minimum Gasteiger partial charge on any atom is -0.497 e. The van der Waals surface area contributed by atoms with E-state index >= 15 is 0 Å². The summed E-state index contributed by atoms with van der Waals surface area (Å²) in [6, 6.07) is 12.7. The summed E-state index contributed by atoms with van der Waals surface area (Å²) in [7, 11) is 1.61. The van der Waals surface area contributed by atoms with Gasteiger partial charge in [0.25, 0.3) is 5.91 Å². The van der Waals surface area contributed by atoms with E-state index in [2.05, 4.69) is 5.32 Å². The van der Waals surface area contributed by atoms with Crippen LogP contribution in [-0.4, -0.2) is 28.9 Å². The molecule has 0 unspecified atom stereocenters. The van der Waals surface area contributed by atoms with Gasteiger partial charge in [0.2, 0.25) is 0 Å². The van der Waals surface area contributed by atoms with Crippen molar-refractivity contribution in [2.45, 2.75) is 0 Å². The molecule has 1 saturated heterocycles. The molecule has 1 N–H and O–H groups in total. The quantitative estimate of drug-likeness (QED) is 0.522. The first-order valence-corrected chi connectivity index (χ1v) is 9.54. The number of ether oxygens (including phenoxy) is 1. The van der Waals surface area contributed by atoms with Gasteiger partial charge in [-0.1, -0.05) is 59.3 Å². The average Bonchev–Trinajstić information content (AvgIpc) is 2.90. The van der Waals surface area contributed by atoms with Crippen LogP contribution in [0, 0.1) is 0 Å². The Bertz CT molecular complexity index is 885. The van der Waals surface area contributed by atoms with Gasteiger partial charge in [-0.2, -0.15) is 0 Å². The maximum atomic E-state index is 12.6. The zero-order valence-electron chi connectivity index (χ0n) is 13.7. The third-order valence-electron chi connectivity index (χ3n) is 3.65. The Balaban J connectivity index is 1.69. The summed E-state index contributed by atoms with van der Waals surface area (Å²) in [5.41, 5.74) is 1.66. The lowest BCUT2D eigenvalue weighted by Crippen LogP contribution is -2.33. The van der Waals surface area contributed by atoms with Crippen molar-refractivity contribution in [1.82, 2.24) is 4.90 Å². The van der Waals surface area contributed by atoms with E-state index < -0.39 is 0 Å². The molecule has 3 rings (SSSR count). The SMILES string of the molecule is COc1ccc(C=C2SC(=S)N(CNc3ccc(Cl)c(Cl)c3)C2=O)cc1. The van der Waals surface area contributed by atoms with Crippen LogP contribution in [0.15, 0.2) is 47.4 Å². The maximum absolute atomic E-state index is 12.6. The first-order valence-electron chi connectivity index (χ1n) is 7.56. The van der Waals surface area contributed by atoms with Crippen molar-refractivity contribution in [2.75, 3.05) is 19.1 Å². The van der Waals surface area contributed by atoms with E-state index in [9.17, 15) is 4.79 Å². The number of anilines is 1. The first-order chi connectivity index (χ1) is 12.5. The summed E-state index contributed by atoms with van der Waals surface area (Å²) in [4.78, 5) is 14.7. The second-order valence-electron chi connectivity index (χ2n) is 5.35. The Labute approximate surface area is 171 Å². The molecule has 26 heavy (non-hydrogen) atoms. The number of thiocarbonyl (C=S) groups is 1. The number of carbonyl (C=O) groups is 1. The molecule has 2 aromatic carbocycles. The van der Waals surface area contributed by atoms with Gasteiger partial charge in [-0.25, -0.2) is 0 Å². The minimum atomic E-state index is -0.136. The largest absolute Gasteiger partial charge is 0.497 e. The molecule has 0 aromatic heterocycles. The lowest BCUT2D eigenvalue weighted by molar-refractivity contribution is -0.121. The van der Waals surface area contributed by atoms with E-state index in [0.717, 1.165) is 17.0 Å². The third-order valence-corrected chi connectivity index (χ3v) is 5.76. The van der Waals surface area contributed by atoms with E-state index in [-0.39, 0.29) is 12.6 Å². The highest BCUT2D eigenvalue weighted by atomic mass is 35.5. The predicted molar refractivity (Wildman–Crippen MR) is 113 cm³/mol. The Morgan fingerprint density at radius 2 is 1.92 bits per heavy atom. The number of nitrogens with one attached hydrogen (secondary N) is 1. The van der Waals surface area contributed by atoms with Gasteiger partial charge in [0.05, 0.1) is 28.7 Å². The highest BCUT2D eigenvalue weighted by molar-refractivity contribution is 8.26. The average molecular weight is 425 g/mol. The highest BCUT2D eigenvalue weighted by Gasteiger charge is 2.31. The van der Waals surface area contributed by atoms with Crippen molar-refractivity contribution in [1.29, 1.82) is 0 Å². The molecule has 2 aromatic rings. The molecular formula is C18H14Cl2N2O2S2. The highest BCUT2D eigenvalue weighted by Crippen LogP contribution is 2.33. The summed E-state index contributed by atoms with van der Waals surface area (Å²) in [6.45, 7) is 0.253. The number of nitrogens with zero attached hydrogens (tertiary/aromatic N) is 1. The zero-order chi connectivity index (χ0) is 18.7. The molecule has 1 aliphatic heterocycles. The van der Waals surface area contributed by atoms with Crippen LogP contribution in [0.1, 0.15) is 5.56 Å². The van der Waals surface area contributed by atoms with Crippen LogP contribution in [0.25, 0.3) is 6.08 Å². The van der Waals surface area contributed by atoms with Gasteiger partial charge < -0.3 is 10.1 Å². The van der Waals surface area contributed by atoms with E-state index in [4.69, 9.17) is 40.2 Å². The van der Waals surface area contributed by atoms with E-state index in [1.807, 2.05) is 30.3 Å². The number of hydrogen-bond donors (Lipinski definition) is 1. The molecule has 4 nitrogen and oxygen atoms in total. The van der Waals surface area contributed by atoms with Crippen molar-refractivity contribution in [2.24, 2.45) is 0 Å². The fourth-order valence-electron chi connectivity index (χ4n) is 2.26. The van der Waals surface area contributed by atoms with Crippen LogP contribution < -0.4 is 10.1 Å². The van der Waals surface area contributed by atoms with Crippen LogP contribution in [0.4, 0.5) is 5.69 Å². The number of amides is 1. The van der Waals surface area contributed by atoms with Crippen molar-refractivity contribution >= 4 is 69.2 Å². The summed E-state index contributed by atoms with van der Waals surface area (Å²) >= 11 is 18.5. The van der Waals surface area contributed by atoms with Gasteiger partial charge >= 0.3 is 0 Å². The van der Waals surface area contributed by atoms with Crippen LogP contribution in [0.5, 0.6) is 5.75 Å². The zero-order valence-corrected chi connectivity index (χ0v) is 16.8. The van der Waals surface area contributed by atoms with Crippen molar-refractivity contribution in [3.63, 3.8) is 0 Å². The van der Waals surface area contributed by atoms with E-state index in [0.29, 0.717) is 19.3 Å². The van der Waals surface area contributed by atoms with Crippen LogP contribution in [0.3, 0.4) is 0 Å². The molecule has 8 heteroatoms. The molecule has 134 valence electrons. The summed E-state index contributed by atoms with van der Waals surface area (Å²) < 4.78 is 5.64. The van der Waals surface area contributed by atoms with Crippen LogP contribution in [0.2, 0.25) is 10.0 Å². The molecule has 0 bridgehead atoms. The van der Waals surface area contributed by atoms with Crippen LogP contribution >= 0.6 is 47.2 Å². The number of methoxy groups -OCH3 is 1. The minimum absolute atomic E-state index is 0.136. The molecule has 1 amide bonds. The maximum Gasteiger partial charge on any atom is 0.267 e. The molecule has 1 fully saturated rings. The standard InChI is InChI=1S/C18H14Cl2N2O2S2/c1-24-13-5-2-11(3-6-13)8-16-17(23)22(18(25)26-16)10-21-12-4-7-14(19)15(20)9-12/h2-9,21H,10H2,1H3. The van der Waals surface area contributed by atoms with E-state index in [1.165, 1.54) is 16.7 Å². The number of thioether (sulfide) groups is 1. The number of benzene rings is 2. The fourth-order valence-corrected chi connectivity index (χ4v) is 3.82. The van der Waals surface area contributed by atoms with Crippen molar-refractivity contribution < 1.29 is 9.53 Å². The third kappa shape index (κ3) is 4.32. The van der Waals surface area contributed by atoms with Gasteiger partial charge in [0.15, 0.2) is 0 Å². The van der Waals surface area contributed by atoms with E-state index in [1.54, 1.807) is 25.3 Å². The molecule has 1 aliphatic rings. The van der Waals surface area contributed by atoms with Gasteiger partial charge in [0, 0.05) is 5.69 Å². The molecule has 1 heterocycles. The van der Waals surface area contributed by atoms with Gasteiger partial charge in [-0.3, -0.25) is 9.69 Å². The lowest BCUT2D eigenvalue weighted by atomic mass is 10.2. The molecule has 0 saturated carbocycles. The lowest BCUT2D eigenvalue weighted by Gasteiger charge is -2.16. The normalized spacial score (nSPS) is 15.7. The summed E-state index contributed by atoms with van der Waals surface area (Å²) in [5.74, 6) is 0.629. The fraction of sp³-hybridized carbons (Fsp3) is 0.111. The Morgan fingerprint density at radius 1 is 1.19 bits per heavy atom. The summed E-state index contributed by atoms with van der Waals surface area (Å²) in [5, 5.41) is 4.06. The monoisotopic (exact) mass is 424 g/mol. The number of carbonyl (C=O) groups excluding carboxylic acids is 1. The molecule has 0 atom stereocenters. The van der Waals surface area contributed by atoms with Crippen molar-refractivity contribution in [3.05, 3.63) is 63.0 Å². The molecule has 0 spiro atoms. The number of halogens is 2. The topological polar surface area (TPSA) is 41.6 Å². The molecule has 0 aliphatic carbocycles. The van der Waals surface area contributed by atoms with Gasteiger partial charge in [-0.15, -0.1) is 0 Å². The number of hydrogen-bond acceptors (Lipinski definition) is 5. The second kappa shape index (κ2) is 8.31. The Kier molecular flexibility index (Phi) is 6.09. The number of rotatable bonds is 5. The molecule has 0 radical (unpaired) electrons. The predicted octanol–water partition coefficient (Wildman–Crippen LogP) is 5.27. The Hall–Kier alpha value is -1.73. The smallest absolute Gasteiger partial charge is 0.267 e. The first kappa shape index (κ1) is 19.0. The summed E-state index contributed by atoms with van der Waals surface area (Å²) in [6.07, 6.45) is 1.82. The van der Waals surface area contributed by atoms with Crippen molar-refractivity contribution in [3.8, 4) is 5.75 Å². The molecular weight excluding hydrogens is 411 g/mol. The Morgan fingerprint density at radius 3 is 2.58 bits per heavy atom. The van der Waals surface area contributed by atoms with Gasteiger partial charge in [0.1, 0.15) is 10.1 Å². The van der Waals surface area contributed by atoms with Crippen LogP contribution in [-0.2, 0) is 4.79 Å². The second-order valence-corrected chi connectivity index (χ2v) is 7.84.